The highest BCUT2D eigenvalue weighted by Crippen LogP contribution is 2.34. The molecule has 0 aromatic heterocycles. The van der Waals surface area contributed by atoms with Crippen molar-refractivity contribution in [2.45, 2.75) is 39.2 Å². The van der Waals surface area contributed by atoms with Gasteiger partial charge in [-0.1, -0.05) is 19.9 Å². The smallest absolute Gasteiger partial charge is 0.211 e. The van der Waals surface area contributed by atoms with Gasteiger partial charge in [-0.05, 0) is 43.0 Å². The highest BCUT2D eigenvalue weighted by Gasteiger charge is 2.24. The molecular formula is C14H16N2O2. The standard InChI is InChI=1S/C14H16N2O2/c1-10(2)12-6-5-11(15-8-17)7-13(12)14(3,4)16-9-18/h5-7,10H,1-4H3. The van der Waals surface area contributed by atoms with Crippen molar-refractivity contribution in [2.24, 2.45) is 9.98 Å². The second kappa shape index (κ2) is 5.54. The minimum Gasteiger partial charge on any atom is -0.211 e. The molecule has 4 heteroatoms. The van der Waals surface area contributed by atoms with Gasteiger partial charge >= 0.3 is 0 Å². The van der Waals surface area contributed by atoms with Gasteiger partial charge in [0.05, 0.1) is 11.2 Å². The number of isocyanates is 2. The van der Waals surface area contributed by atoms with Gasteiger partial charge in [-0.2, -0.15) is 9.98 Å². The second-order valence-electron chi connectivity index (χ2n) is 4.89. The van der Waals surface area contributed by atoms with Crippen LogP contribution in [-0.2, 0) is 15.1 Å². The molecule has 0 saturated heterocycles. The number of nitrogens with zero attached hydrogens (tertiary/aromatic N) is 2. The Morgan fingerprint density at radius 2 is 1.83 bits per heavy atom. The molecule has 94 valence electrons. The van der Waals surface area contributed by atoms with E-state index in [1.165, 1.54) is 6.08 Å². The summed E-state index contributed by atoms with van der Waals surface area (Å²) in [6.45, 7) is 7.77. The molecule has 0 heterocycles. The average Bonchev–Trinajstić information content (AvgIpc) is 2.29. The Morgan fingerprint density at radius 3 is 2.33 bits per heavy atom. The maximum absolute atomic E-state index is 10.5. The topological polar surface area (TPSA) is 58.9 Å². The fourth-order valence-electron chi connectivity index (χ4n) is 1.87. The van der Waals surface area contributed by atoms with Crippen LogP contribution >= 0.6 is 0 Å². The summed E-state index contributed by atoms with van der Waals surface area (Å²) >= 11 is 0. The summed E-state index contributed by atoms with van der Waals surface area (Å²) in [5.74, 6) is 0.287. The fraction of sp³-hybridized carbons (Fsp3) is 0.429. The van der Waals surface area contributed by atoms with Crippen molar-refractivity contribution in [2.75, 3.05) is 0 Å². The Bertz CT molecular complexity index is 535. The highest BCUT2D eigenvalue weighted by molar-refractivity contribution is 5.54. The van der Waals surface area contributed by atoms with Crippen molar-refractivity contribution >= 4 is 17.8 Å². The van der Waals surface area contributed by atoms with Crippen LogP contribution in [0.2, 0.25) is 0 Å². The van der Waals surface area contributed by atoms with Crippen LogP contribution in [0.3, 0.4) is 0 Å². The monoisotopic (exact) mass is 244 g/mol. The van der Waals surface area contributed by atoms with Crippen molar-refractivity contribution in [3.05, 3.63) is 29.3 Å². The van der Waals surface area contributed by atoms with Crippen molar-refractivity contribution in [1.29, 1.82) is 0 Å². The normalized spacial score (nSPS) is 10.7. The predicted molar refractivity (Wildman–Crippen MR) is 69.5 cm³/mol. The molecule has 0 amide bonds. The molecule has 0 radical (unpaired) electrons. The lowest BCUT2D eigenvalue weighted by Crippen LogP contribution is -2.16. The van der Waals surface area contributed by atoms with Crippen molar-refractivity contribution < 1.29 is 9.59 Å². The molecule has 1 aromatic carbocycles. The molecule has 1 aromatic rings. The number of benzene rings is 1. The summed E-state index contributed by atoms with van der Waals surface area (Å²) in [6, 6.07) is 5.42. The molecular weight excluding hydrogens is 228 g/mol. The minimum atomic E-state index is -0.685. The quantitative estimate of drug-likeness (QED) is 0.602. The Labute approximate surface area is 106 Å². The zero-order valence-electron chi connectivity index (χ0n) is 11.0. The number of hydrogen-bond donors (Lipinski definition) is 0. The lowest BCUT2D eigenvalue weighted by atomic mass is 9.85. The zero-order valence-corrected chi connectivity index (χ0v) is 11.0. The lowest BCUT2D eigenvalue weighted by molar-refractivity contribution is 0.517. The van der Waals surface area contributed by atoms with Gasteiger partial charge in [-0.25, -0.2) is 9.59 Å². The molecule has 0 spiro atoms. The third-order valence-corrected chi connectivity index (χ3v) is 2.82. The van der Waals surface area contributed by atoms with Gasteiger partial charge in [-0.15, -0.1) is 0 Å². The van der Waals surface area contributed by atoms with Crippen LogP contribution in [-0.4, -0.2) is 12.2 Å². The van der Waals surface area contributed by atoms with Crippen molar-refractivity contribution in [3.8, 4) is 0 Å². The van der Waals surface area contributed by atoms with Crippen molar-refractivity contribution in [3.63, 3.8) is 0 Å². The zero-order chi connectivity index (χ0) is 13.8. The Balaban J connectivity index is 3.49. The number of hydrogen-bond acceptors (Lipinski definition) is 4. The number of rotatable bonds is 4. The van der Waals surface area contributed by atoms with E-state index in [0.29, 0.717) is 5.69 Å². The second-order valence-corrected chi connectivity index (χ2v) is 4.89. The maximum atomic E-state index is 10.5. The van der Waals surface area contributed by atoms with Crippen molar-refractivity contribution in [1.82, 2.24) is 0 Å². The molecule has 0 atom stereocenters. The first-order chi connectivity index (χ1) is 8.42. The molecule has 0 aliphatic rings. The molecule has 0 saturated carbocycles. The summed E-state index contributed by atoms with van der Waals surface area (Å²) in [7, 11) is 0. The van der Waals surface area contributed by atoms with E-state index in [1.807, 2.05) is 19.9 Å². The largest absolute Gasteiger partial charge is 0.240 e. The van der Waals surface area contributed by atoms with E-state index in [-0.39, 0.29) is 5.92 Å². The van der Waals surface area contributed by atoms with E-state index >= 15 is 0 Å². The third-order valence-electron chi connectivity index (χ3n) is 2.82. The Hall–Kier alpha value is -2.02. The predicted octanol–water partition coefficient (Wildman–Crippen LogP) is 3.35. The first-order valence-corrected chi connectivity index (χ1v) is 5.73. The molecule has 0 aliphatic carbocycles. The minimum absolute atomic E-state index is 0.287. The van der Waals surface area contributed by atoms with E-state index in [1.54, 1.807) is 18.2 Å². The van der Waals surface area contributed by atoms with Gasteiger partial charge in [-0.3, -0.25) is 0 Å². The van der Waals surface area contributed by atoms with Crippen LogP contribution in [0, 0.1) is 0 Å². The molecule has 0 N–H and O–H groups in total. The van der Waals surface area contributed by atoms with Gasteiger partial charge in [0.2, 0.25) is 12.2 Å². The molecule has 18 heavy (non-hydrogen) atoms. The van der Waals surface area contributed by atoms with Crippen LogP contribution in [0.1, 0.15) is 44.7 Å². The van der Waals surface area contributed by atoms with Gasteiger partial charge in [0.15, 0.2) is 0 Å². The van der Waals surface area contributed by atoms with E-state index in [4.69, 9.17) is 0 Å². The summed E-state index contributed by atoms with van der Waals surface area (Å²) < 4.78 is 0. The summed E-state index contributed by atoms with van der Waals surface area (Å²) in [5.41, 5.74) is 1.77. The molecule has 1 rings (SSSR count). The van der Waals surface area contributed by atoms with Gasteiger partial charge < -0.3 is 0 Å². The average molecular weight is 244 g/mol. The lowest BCUT2D eigenvalue weighted by Gasteiger charge is -2.23. The van der Waals surface area contributed by atoms with Crippen LogP contribution in [0.4, 0.5) is 5.69 Å². The highest BCUT2D eigenvalue weighted by atomic mass is 16.1. The van der Waals surface area contributed by atoms with Crippen LogP contribution < -0.4 is 0 Å². The number of aliphatic imine (C=N–C) groups is 2. The first kappa shape index (κ1) is 14.0. The van der Waals surface area contributed by atoms with Crippen LogP contribution in [0.5, 0.6) is 0 Å². The summed E-state index contributed by atoms with van der Waals surface area (Å²) in [6.07, 6.45) is 3.10. The third kappa shape index (κ3) is 3.01. The van der Waals surface area contributed by atoms with Gasteiger partial charge in [0.25, 0.3) is 0 Å². The van der Waals surface area contributed by atoms with Crippen LogP contribution in [0.25, 0.3) is 0 Å². The maximum Gasteiger partial charge on any atom is 0.240 e. The Kier molecular flexibility index (Phi) is 4.33. The fourth-order valence-corrected chi connectivity index (χ4v) is 1.87. The first-order valence-electron chi connectivity index (χ1n) is 5.73. The summed E-state index contributed by atoms with van der Waals surface area (Å²) in [4.78, 5) is 28.2. The molecule has 0 fully saturated rings. The molecule has 4 nitrogen and oxygen atoms in total. The van der Waals surface area contributed by atoms with Gasteiger partial charge in [0, 0.05) is 0 Å². The number of carbonyl (C=O) groups excluding carboxylic acids is 2. The SMILES string of the molecule is CC(C)c1ccc(N=C=O)cc1C(C)(C)N=C=O. The van der Waals surface area contributed by atoms with Crippen LogP contribution in [0.15, 0.2) is 28.2 Å². The molecule has 0 bridgehead atoms. The van der Waals surface area contributed by atoms with Gasteiger partial charge in [0.1, 0.15) is 0 Å². The molecule has 0 unspecified atom stereocenters. The summed E-state index contributed by atoms with van der Waals surface area (Å²) in [5, 5.41) is 0. The van der Waals surface area contributed by atoms with E-state index in [2.05, 4.69) is 23.8 Å². The Morgan fingerprint density at radius 1 is 1.17 bits per heavy atom. The van der Waals surface area contributed by atoms with E-state index in [0.717, 1.165) is 11.1 Å². The molecule has 0 aliphatic heterocycles. The van der Waals surface area contributed by atoms with E-state index < -0.39 is 5.54 Å². The van der Waals surface area contributed by atoms with E-state index in [9.17, 15) is 9.59 Å².